The van der Waals surface area contributed by atoms with Crippen LogP contribution in [-0.4, -0.2) is 30.2 Å². The molecule has 5 heteroatoms. The number of nitrogens with one attached hydrogen (secondary N) is 1. The first-order chi connectivity index (χ1) is 13.5. The van der Waals surface area contributed by atoms with Gasteiger partial charge in [-0.25, -0.2) is 9.18 Å². The summed E-state index contributed by atoms with van der Waals surface area (Å²) in [5.74, 6) is -1.94. The molecule has 0 aromatic heterocycles. The Balaban J connectivity index is 1.48. The van der Waals surface area contributed by atoms with E-state index in [-0.39, 0.29) is 17.6 Å². The third kappa shape index (κ3) is 3.58. The molecule has 1 saturated heterocycles. The van der Waals surface area contributed by atoms with Crippen LogP contribution in [0.3, 0.4) is 0 Å². The molecule has 1 aliphatic heterocycles. The van der Waals surface area contributed by atoms with Gasteiger partial charge in [0.1, 0.15) is 5.82 Å². The summed E-state index contributed by atoms with van der Waals surface area (Å²) in [5.41, 5.74) is 1.74. The normalized spacial score (nSPS) is 17.8. The van der Waals surface area contributed by atoms with Gasteiger partial charge in [-0.05, 0) is 47.9 Å². The molecule has 1 heterocycles. The van der Waals surface area contributed by atoms with Gasteiger partial charge >= 0.3 is 5.97 Å². The maximum Gasteiger partial charge on any atom is 0.338 e. The van der Waals surface area contributed by atoms with E-state index in [9.17, 15) is 9.18 Å². The quantitative estimate of drug-likeness (QED) is 0.681. The van der Waals surface area contributed by atoms with Crippen molar-refractivity contribution >= 4 is 22.4 Å². The van der Waals surface area contributed by atoms with Gasteiger partial charge in [-0.1, -0.05) is 42.5 Å². The van der Waals surface area contributed by atoms with Crippen LogP contribution in [0.1, 0.15) is 35.3 Å². The summed E-state index contributed by atoms with van der Waals surface area (Å²) in [6, 6.07) is 19.5. The van der Waals surface area contributed by atoms with Gasteiger partial charge in [0.05, 0.1) is 5.56 Å². The molecule has 4 nitrogen and oxygen atoms in total. The van der Waals surface area contributed by atoms with Gasteiger partial charge in [0.2, 0.25) is 0 Å². The highest BCUT2D eigenvalue weighted by Crippen LogP contribution is 2.27. The summed E-state index contributed by atoms with van der Waals surface area (Å²) in [6.45, 7) is 3.75. The molecule has 2 atom stereocenters. The highest BCUT2D eigenvalue weighted by atomic mass is 19.1. The van der Waals surface area contributed by atoms with Crippen molar-refractivity contribution in [1.82, 2.24) is 5.32 Å². The van der Waals surface area contributed by atoms with E-state index >= 15 is 0 Å². The molecule has 4 rings (SSSR count). The van der Waals surface area contributed by atoms with Gasteiger partial charge in [0.15, 0.2) is 0 Å². The SMILES string of the molecule is C[C@@H](N[C@H]1CCN(c2ccc(F)c(C(=O)O)c2)C1)c1cccc2ccccc12. The number of carboxylic acids is 1. The Morgan fingerprint density at radius 3 is 2.79 bits per heavy atom. The van der Waals surface area contributed by atoms with Crippen LogP contribution in [0, 0.1) is 5.82 Å². The summed E-state index contributed by atoms with van der Waals surface area (Å²) in [7, 11) is 0. The number of aromatic carboxylic acids is 1. The number of carbonyl (C=O) groups is 1. The average molecular weight is 378 g/mol. The van der Waals surface area contributed by atoms with Crippen LogP contribution in [0.5, 0.6) is 0 Å². The first-order valence-electron chi connectivity index (χ1n) is 9.54. The fourth-order valence-electron chi connectivity index (χ4n) is 4.08. The van der Waals surface area contributed by atoms with Gasteiger partial charge in [-0.2, -0.15) is 0 Å². The summed E-state index contributed by atoms with van der Waals surface area (Å²) < 4.78 is 13.7. The molecule has 0 radical (unpaired) electrons. The van der Waals surface area contributed by atoms with Crippen molar-refractivity contribution in [3.63, 3.8) is 0 Å². The van der Waals surface area contributed by atoms with Crippen molar-refractivity contribution in [1.29, 1.82) is 0 Å². The first kappa shape index (κ1) is 18.4. The van der Waals surface area contributed by atoms with E-state index in [0.29, 0.717) is 0 Å². The van der Waals surface area contributed by atoms with Gasteiger partial charge in [0.25, 0.3) is 0 Å². The van der Waals surface area contributed by atoms with E-state index in [1.165, 1.54) is 28.5 Å². The highest BCUT2D eigenvalue weighted by Gasteiger charge is 2.25. The molecule has 0 saturated carbocycles. The third-order valence-electron chi connectivity index (χ3n) is 5.51. The van der Waals surface area contributed by atoms with Gasteiger partial charge in [0, 0.05) is 30.9 Å². The number of anilines is 1. The summed E-state index contributed by atoms with van der Waals surface area (Å²) in [4.78, 5) is 13.3. The number of hydrogen-bond donors (Lipinski definition) is 2. The number of halogens is 1. The standard InChI is InChI=1S/C23H23FN2O2/c1-15(19-8-4-6-16-5-2-3-7-20(16)19)25-17-11-12-26(14-17)18-9-10-22(24)21(13-18)23(27)28/h2-10,13,15,17,25H,11-12,14H2,1H3,(H,27,28)/t15-,17+/m1/s1. The Morgan fingerprint density at radius 1 is 1.18 bits per heavy atom. The van der Waals surface area contributed by atoms with E-state index in [1.807, 2.05) is 6.07 Å². The zero-order chi connectivity index (χ0) is 19.7. The van der Waals surface area contributed by atoms with Crippen LogP contribution < -0.4 is 10.2 Å². The smallest absolute Gasteiger partial charge is 0.338 e. The minimum absolute atomic E-state index is 0.193. The molecule has 0 amide bonds. The van der Waals surface area contributed by atoms with Crippen molar-refractivity contribution in [3.8, 4) is 0 Å². The fraction of sp³-hybridized carbons (Fsp3) is 0.261. The molecule has 0 spiro atoms. The summed E-state index contributed by atoms with van der Waals surface area (Å²) >= 11 is 0. The van der Waals surface area contributed by atoms with Crippen molar-refractivity contribution in [2.75, 3.05) is 18.0 Å². The summed E-state index contributed by atoms with van der Waals surface area (Å²) in [6.07, 6.45) is 0.953. The number of fused-ring (bicyclic) bond motifs is 1. The van der Waals surface area contributed by atoms with Crippen molar-refractivity contribution in [3.05, 3.63) is 77.6 Å². The Morgan fingerprint density at radius 2 is 1.96 bits per heavy atom. The first-order valence-corrected chi connectivity index (χ1v) is 9.54. The van der Waals surface area contributed by atoms with Crippen LogP contribution >= 0.6 is 0 Å². The van der Waals surface area contributed by atoms with Crippen LogP contribution in [0.2, 0.25) is 0 Å². The van der Waals surface area contributed by atoms with Crippen LogP contribution in [0.4, 0.5) is 10.1 Å². The molecule has 1 aliphatic rings. The minimum Gasteiger partial charge on any atom is -0.478 e. The largest absolute Gasteiger partial charge is 0.478 e. The van der Waals surface area contributed by atoms with E-state index in [4.69, 9.17) is 5.11 Å². The molecule has 3 aromatic rings. The Hall–Kier alpha value is -2.92. The molecular weight excluding hydrogens is 355 g/mol. The van der Waals surface area contributed by atoms with Crippen LogP contribution in [0.15, 0.2) is 60.7 Å². The van der Waals surface area contributed by atoms with E-state index < -0.39 is 11.8 Å². The lowest BCUT2D eigenvalue weighted by Gasteiger charge is -2.23. The minimum atomic E-state index is -1.24. The lowest BCUT2D eigenvalue weighted by atomic mass is 9.99. The average Bonchev–Trinajstić information content (AvgIpc) is 3.16. The molecule has 0 aliphatic carbocycles. The Labute approximate surface area is 163 Å². The zero-order valence-electron chi connectivity index (χ0n) is 15.7. The zero-order valence-corrected chi connectivity index (χ0v) is 15.7. The summed E-state index contributed by atoms with van der Waals surface area (Å²) in [5, 5.41) is 15.3. The number of benzene rings is 3. The van der Waals surface area contributed by atoms with Crippen molar-refractivity contribution in [2.45, 2.75) is 25.4 Å². The molecule has 28 heavy (non-hydrogen) atoms. The second-order valence-corrected chi connectivity index (χ2v) is 7.36. The van der Waals surface area contributed by atoms with Crippen LogP contribution in [0.25, 0.3) is 10.8 Å². The van der Waals surface area contributed by atoms with Gasteiger partial charge in [-0.15, -0.1) is 0 Å². The third-order valence-corrected chi connectivity index (χ3v) is 5.51. The maximum absolute atomic E-state index is 13.7. The predicted molar refractivity (Wildman–Crippen MR) is 109 cm³/mol. The molecule has 144 valence electrons. The monoisotopic (exact) mass is 378 g/mol. The van der Waals surface area contributed by atoms with E-state index in [1.54, 1.807) is 6.07 Å². The lowest BCUT2D eigenvalue weighted by molar-refractivity contribution is 0.0692. The molecule has 0 bridgehead atoms. The highest BCUT2D eigenvalue weighted by molar-refractivity contribution is 5.89. The number of nitrogens with zero attached hydrogens (tertiary/aromatic N) is 1. The number of hydrogen-bond acceptors (Lipinski definition) is 3. The number of rotatable bonds is 5. The lowest BCUT2D eigenvalue weighted by Crippen LogP contribution is -2.34. The van der Waals surface area contributed by atoms with Crippen molar-refractivity contribution < 1.29 is 14.3 Å². The number of carboxylic acid groups (broad SMARTS) is 1. The molecule has 1 fully saturated rings. The molecule has 0 unspecified atom stereocenters. The predicted octanol–water partition coefficient (Wildman–Crippen LogP) is 4.61. The van der Waals surface area contributed by atoms with Gasteiger partial charge < -0.3 is 15.3 Å². The Bertz CT molecular complexity index is 1020. The van der Waals surface area contributed by atoms with E-state index in [0.717, 1.165) is 25.2 Å². The van der Waals surface area contributed by atoms with Crippen LogP contribution in [-0.2, 0) is 0 Å². The molecule has 3 aromatic carbocycles. The second-order valence-electron chi connectivity index (χ2n) is 7.36. The van der Waals surface area contributed by atoms with Crippen molar-refractivity contribution in [2.24, 2.45) is 0 Å². The van der Waals surface area contributed by atoms with E-state index in [2.05, 4.69) is 53.5 Å². The fourth-order valence-corrected chi connectivity index (χ4v) is 4.08. The van der Waals surface area contributed by atoms with Gasteiger partial charge in [-0.3, -0.25) is 0 Å². The molecular formula is C23H23FN2O2. The Kier molecular flexibility index (Phi) is 5.01. The second kappa shape index (κ2) is 7.60. The maximum atomic E-state index is 13.7. The molecule has 2 N–H and O–H groups in total. The topological polar surface area (TPSA) is 52.6 Å².